The molecule has 0 aliphatic carbocycles. The highest BCUT2D eigenvalue weighted by molar-refractivity contribution is 5.38. The van der Waals surface area contributed by atoms with Crippen molar-refractivity contribution in [2.75, 3.05) is 45.2 Å². The molecule has 2 rings (SSSR count). The van der Waals surface area contributed by atoms with Crippen LogP contribution in [0.4, 0.5) is 5.95 Å². The highest BCUT2D eigenvalue weighted by Crippen LogP contribution is 2.24. The van der Waals surface area contributed by atoms with Crippen LogP contribution in [0, 0.1) is 11.8 Å². The molecule has 5 heteroatoms. The van der Waals surface area contributed by atoms with E-state index in [1.54, 1.807) is 0 Å². The molecule has 1 aromatic heterocycles. The Bertz CT molecular complexity index is 575. The van der Waals surface area contributed by atoms with Gasteiger partial charge in [-0.2, -0.15) is 0 Å². The fraction of sp³-hybridized carbons (Fsp3) is 0.714. The summed E-state index contributed by atoms with van der Waals surface area (Å²) in [7, 11) is 4.35. The van der Waals surface area contributed by atoms with Gasteiger partial charge in [-0.1, -0.05) is 32.6 Å². The SMILES string of the molecule is CCC1CN(C)CC(CC)N1c1ncc(C#CCCCN(C)CC)cn1. The van der Waals surface area contributed by atoms with Crippen LogP contribution in [0.15, 0.2) is 12.4 Å². The van der Waals surface area contributed by atoms with E-state index in [4.69, 9.17) is 0 Å². The summed E-state index contributed by atoms with van der Waals surface area (Å²) < 4.78 is 0. The van der Waals surface area contributed by atoms with Crippen molar-refractivity contribution < 1.29 is 0 Å². The Hall–Kier alpha value is -1.64. The van der Waals surface area contributed by atoms with Gasteiger partial charge in [0.15, 0.2) is 0 Å². The fourth-order valence-electron chi connectivity index (χ4n) is 3.53. The molecule has 2 heterocycles. The molecule has 1 aliphatic heterocycles. The van der Waals surface area contributed by atoms with Crippen LogP contribution < -0.4 is 4.90 Å². The van der Waals surface area contributed by atoms with Gasteiger partial charge in [0.1, 0.15) is 0 Å². The molecule has 1 saturated heterocycles. The number of anilines is 1. The topological polar surface area (TPSA) is 35.5 Å². The third-order valence-corrected chi connectivity index (χ3v) is 5.26. The van der Waals surface area contributed by atoms with Crippen LogP contribution >= 0.6 is 0 Å². The summed E-state index contributed by atoms with van der Waals surface area (Å²) in [5, 5.41) is 0. The Balaban J connectivity index is 1.99. The minimum Gasteiger partial charge on any atom is -0.332 e. The summed E-state index contributed by atoms with van der Waals surface area (Å²) in [5.74, 6) is 7.31. The van der Waals surface area contributed by atoms with Gasteiger partial charge in [0.05, 0.1) is 5.56 Å². The summed E-state index contributed by atoms with van der Waals surface area (Å²) in [6.45, 7) is 11.0. The molecule has 0 amide bonds. The zero-order chi connectivity index (χ0) is 18.9. The Morgan fingerprint density at radius 3 is 2.27 bits per heavy atom. The van der Waals surface area contributed by atoms with Gasteiger partial charge in [0.25, 0.3) is 0 Å². The maximum atomic E-state index is 4.65. The van der Waals surface area contributed by atoms with E-state index in [9.17, 15) is 0 Å². The molecule has 0 spiro atoms. The minimum atomic E-state index is 0.478. The lowest BCUT2D eigenvalue weighted by atomic mass is 10.0. The number of rotatable bonds is 7. The summed E-state index contributed by atoms with van der Waals surface area (Å²) >= 11 is 0. The van der Waals surface area contributed by atoms with Crippen molar-refractivity contribution in [3.63, 3.8) is 0 Å². The average Bonchev–Trinajstić information content (AvgIpc) is 2.67. The van der Waals surface area contributed by atoms with Crippen LogP contribution in [0.5, 0.6) is 0 Å². The van der Waals surface area contributed by atoms with E-state index in [0.29, 0.717) is 12.1 Å². The summed E-state index contributed by atoms with van der Waals surface area (Å²) in [5.41, 5.74) is 0.910. The lowest BCUT2D eigenvalue weighted by molar-refractivity contribution is 0.217. The Morgan fingerprint density at radius 2 is 1.73 bits per heavy atom. The monoisotopic (exact) mass is 357 g/mol. The van der Waals surface area contributed by atoms with Crippen LogP contribution in [0.2, 0.25) is 0 Å². The van der Waals surface area contributed by atoms with E-state index in [0.717, 1.165) is 63.4 Å². The molecule has 0 saturated carbocycles. The van der Waals surface area contributed by atoms with Crippen molar-refractivity contribution in [2.45, 2.75) is 58.5 Å². The highest BCUT2D eigenvalue weighted by Gasteiger charge is 2.32. The van der Waals surface area contributed by atoms with E-state index in [2.05, 4.69) is 71.4 Å². The van der Waals surface area contributed by atoms with Gasteiger partial charge >= 0.3 is 0 Å². The van der Waals surface area contributed by atoms with E-state index >= 15 is 0 Å². The van der Waals surface area contributed by atoms with E-state index in [1.165, 1.54) is 0 Å². The summed E-state index contributed by atoms with van der Waals surface area (Å²) in [6.07, 6.45) is 8.00. The first-order valence-corrected chi connectivity index (χ1v) is 10.0. The lowest BCUT2D eigenvalue weighted by Gasteiger charge is -2.45. The molecule has 144 valence electrons. The van der Waals surface area contributed by atoms with Crippen molar-refractivity contribution in [3.8, 4) is 11.8 Å². The number of nitrogens with zero attached hydrogens (tertiary/aromatic N) is 5. The molecule has 1 aliphatic rings. The molecule has 1 aromatic rings. The first kappa shape index (κ1) is 20.7. The number of piperazine rings is 1. The number of aromatic nitrogens is 2. The predicted molar refractivity (Wildman–Crippen MR) is 109 cm³/mol. The number of likely N-dealkylation sites (N-methyl/N-ethyl adjacent to an activating group) is 1. The van der Waals surface area contributed by atoms with Gasteiger partial charge in [0.2, 0.25) is 5.95 Å². The van der Waals surface area contributed by atoms with Crippen LogP contribution in [-0.2, 0) is 0 Å². The maximum absolute atomic E-state index is 4.65. The Kier molecular flexibility index (Phi) is 8.34. The van der Waals surface area contributed by atoms with Gasteiger partial charge in [0, 0.05) is 44.0 Å². The number of hydrogen-bond donors (Lipinski definition) is 0. The van der Waals surface area contributed by atoms with E-state index in [-0.39, 0.29) is 0 Å². The molecule has 2 unspecified atom stereocenters. The van der Waals surface area contributed by atoms with Crippen molar-refractivity contribution >= 4 is 5.95 Å². The van der Waals surface area contributed by atoms with E-state index in [1.807, 2.05) is 12.4 Å². The second-order valence-electron chi connectivity index (χ2n) is 7.33. The minimum absolute atomic E-state index is 0.478. The third-order valence-electron chi connectivity index (χ3n) is 5.26. The Morgan fingerprint density at radius 1 is 1.12 bits per heavy atom. The largest absolute Gasteiger partial charge is 0.332 e. The first-order valence-electron chi connectivity index (χ1n) is 10.0. The van der Waals surface area contributed by atoms with Crippen LogP contribution in [0.3, 0.4) is 0 Å². The Labute approximate surface area is 159 Å². The predicted octanol–water partition coefficient (Wildman–Crippen LogP) is 2.87. The second kappa shape index (κ2) is 10.5. The van der Waals surface area contributed by atoms with Crippen LogP contribution in [-0.4, -0.2) is 72.1 Å². The van der Waals surface area contributed by atoms with Gasteiger partial charge in [-0.25, -0.2) is 9.97 Å². The molecule has 0 N–H and O–H groups in total. The standard InChI is InChI=1S/C21H35N5/c1-6-19-16-25(5)17-20(7-2)26(19)21-22-14-18(15-23-21)12-10-9-11-13-24(4)8-3/h14-15,19-20H,6-9,11,13,16-17H2,1-5H3. The molecule has 5 nitrogen and oxygen atoms in total. The van der Waals surface area contributed by atoms with Crippen LogP contribution in [0.1, 0.15) is 52.0 Å². The molecule has 2 atom stereocenters. The molecular formula is C21H35N5. The summed E-state index contributed by atoms with van der Waals surface area (Å²) in [6, 6.07) is 0.956. The average molecular weight is 358 g/mol. The molecule has 26 heavy (non-hydrogen) atoms. The highest BCUT2D eigenvalue weighted by atomic mass is 15.4. The summed E-state index contributed by atoms with van der Waals surface area (Å²) in [4.78, 5) is 16.5. The zero-order valence-electron chi connectivity index (χ0n) is 17.2. The molecule has 0 bridgehead atoms. The smallest absolute Gasteiger partial charge is 0.225 e. The molecule has 0 aromatic carbocycles. The maximum Gasteiger partial charge on any atom is 0.225 e. The van der Waals surface area contributed by atoms with Crippen molar-refractivity contribution in [2.24, 2.45) is 0 Å². The molecular weight excluding hydrogens is 322 g/mol. The fourth-order valence-corrected chi connectivity index (χ4v) is 3.53. The third kappa shape index (κ3) is 5.69. The van der Waals surface area contributed by atoms with Gasteiger partial charge in [-0.15, -0.1) is 0 Å². The molecule has 1 fully saturated rings. The lowest BCUT2D eigenvalue weighted by Crippen LogP contribution is -2.58. The van der Waals surface area contributed by atoms with Gasteiger partial charge < -0.3 is 14.7 Å². The number of unbranched alkanes of at least 4 members (excludes halogenated alkanes) is 1. The normalized spacial score (nSPS) is 20.9. The van der Waals surface area contributed by atoms with Gasteiger partial charge in [-0.3, -0.25) is 0 Å². The van der Waals surface area contributed by atoms with Crippen LogP contribution in [0.25, 0.3) is 0 Å². The van der Waals surface area contributed by atoms with Crippen molar-refractivity contribution in [3.05, 3.63) is 18.0 Å². The zero-order valence-corrected chi connectivity index (χ0v) is 17.2. The first-order chi connectivity index (χ1) is 12.6. The second-order valence-corrected chi connectivity index (χ2v) is 7.33. The van der Waals surface area contributed by atoms with Gasteiger partial charge in [-0.05, 0) is 46.4 Å². The van der Waals surface area contributed by atoms with E-state index < -0.39 is 0 Å². The number of hydrogen-bond acceptors (Lipinski definition) is 5. The molecule has 0 radical (unpaired) electrons. The van der Waals surface area contributed by atoms with Crippen molar-refractivity contribution in [1.82, 2.24) is 19.8 Å². The van der Waals surface area contributed by atoms with Crippen molar-refractivity contribution in [1.29, 1.82) is 0 Å². The quantitative estimate of drug-likeness (QED) is 0.554.